The first-order chi connectivity index (χ1) is 20.0. The molecule has 2 aromatic carbocycles. The van der Waals surface area contributed by atoms with E-state index in [1.807, 2.05) is 49.4 Å². The van der Waals surface area contributed by atoms with Crippen molar-refractivity contribution in [2.24, 2.45) is 5.92 Å². The molecule has 2 fully saturated rings. The summed E-state index contributed by atoms with van der Waals surface area (Å²) in [5.41, 5.74) is 1.90. The standard InChI is InChI=1S/C33H45NO7/c1-23(21-40-22-24-13-7-5-8-14-24)41-33(36)27-17-11-12-18-34(27)32(35)30(25-15-9-6-10-16-25)26-19-28(37-2)31(39-4)29(20-26)38-3/h5,7-8,13-14,19-20,23,25,27,30H,6,9-12,15-18,21-22H2,1-4H3/t23-,27+,30?/m1/s1. The summed E-state index contributed by atoms with van der Waals surface area (Å²) in [7, 11) is 4.74. The van der Waals surface area contributed by atoms with Crippen molar-refractivity contribution in [3.8, 4) is 17.2 Å². The van der Waals surface area contributed by atoms with Crippen LogP contribution in [-0.4, -0.2) is 63.4 Å². The van der Waals surface area contributed by atoms with Gasteiger partial charge in [-0.05, 0) is 68.2 Å². The Morgan fingerprint density at radius 1 is 0.878 bits per heavy atom. The number of hydrogen-bond acceptors (Lipinski definition) is 7. The van der Waals surface area contributed by atoms with Crippen LogP contribution >= 0.6 is 0 Å². The van der Waals surface area contributed by atoms with Gasteiger partial charge in [-0.25, -0.2) is 4.79 Å². The van der Waals surface area contributed by atoms with Crippen molar-refractivity contribution in [3.05, 3.63) is 53.6 Å². The number of likely N-dealkylation sites (tertiary alicyclic amines) is 1. The number of nitrogens with zero attached hydrogens (tertiary/aromatic N) is 1. The molecule has 8 heteroatoms. The number of ether oxygens (including phenoxy) is 5. The van der Waals surface area contributed by atoms with E-state index in [0.717, 1.165) is 49.7 Å². The van der Waals surface area contributed by atoms with Gasteiger partial charge in [0.1, 0.15) is 12.1 Å². The number of esters is 1. The molecule has 4 rings (SSSR count). The SMILES string of the molecule is COc1cc(C(C(=O)N2CCCC[C@H]2C(=O)O[C@H](C)COCc2ccccc2)C2CCCCC2)cc(OC)c1OC. The maximum atomic E-state index is 14.5. The molecule has 224 valence electrons. The molecular weight excluding hydrogens is 522 g/mol. The van der Waals surface area contributed by atoms with Crippen molar-refractivity contribution < 1.29 is 33.3 Å². The van der Waals surface area contributed by atoms with Crippen LogP contribution in [0, 0.1) is 5.92 Å². The predicted molar refractivity (Wildman–Crippen MR) is 156 cm³/mol. The second kappa shape index (κ2) is 15.1. The highest BCUT2D eigenvalue weighted by molar-refractivity contribution is 5.89. The maximum absolute atomic E-state index is 14.5. The molecule has 0 N–H and O–H groups in total. The number of piperidine rings is 1. The molecule has 1 amide bonds. The number of rotatable bonds is 12. The van der Waals surface area contributed by atoms with Crippen LogP contribution in [0.5, 0.6) is 17.2 Å². The van der Waals surface area contributed by atoms with Gasteiger partial charge in [-0.2, -0.15) is 0 Å². The van der Waals surface area contributed by atoms with Gasteiger partial charge in [-0.1, -0.05) is 49.6 Å². The lowest BCUT2D eigenvalue weighted by Crippen LogP contribution is -2.51. The van der Waals surface area contributed by atoms with Gasteiger partial charge in [0.05, 0.1) is 40.5 Å². The van der Waals surface area contributed by atoms with Gasteiger partial charge in [0, 0.05) is 6.54 Å². The minimum atomic E-state index is -0.610. The second-order valence-corrected chi connectivity index (χ2v) is 11.1. The van der Waals surface area contributed by atoms with Gasteiger partial charge >= 0.3 is 5.97 Å². The van der Waals surface area contributed by atoms with Crippen molar-refractivity contribution in [2.45, 2.75) is 83.0 Å². The highest BCUT2D eigenvalue weighted by Crippen LogP contribution is 2.45. The Labute approximate surface area is 244 Å². The fraction of sp³-hybridized carbons (Fsp3) is 0.576. The van der Waals surface area contributed by atoms with E-state index in [4.69, 9.17) is 23.7 Å². The molecule has 1 aliphatic heterocycles. The van der Waals surface area contributed by atoms with E-state index < -0.39 is 18.1 Å². The summed E-state index contributed by atoms with van der Waals surface area (Å²) in [5.74, 6) is 0.911. The van der Waals surface area contributed by atoms with Crippen LogP contribution in [-0.2, 0) is 25.7 Å². The minimum Gasteiger partial charge on any atom is -0.493 e. The number of carbonyl (C=O) groups excluding carboxylic acids is 2. The van der Waals surface area contributed by atoms with Gasteiger partial charge in [-0.3, -0.25) is 4.79 Å². The zero-order valence-corrected chi connectivity index (χ0v) is 24.9. The van der Waals surface area contributed by atoms with Gasteiger partial charge in [0.25, 0.3) is 0 Å². The molecule has 1 saturated heterocycles. The van der Waals surface area contributed by atoms with Crippen molar-refractivity contribution >= 4 is 11.9 Å². The van der Waals surface area contributed by atoms with Crippen LogP contribution in [0.2, 0.25) is 0 Å². The van der Waals surface area contributed by atoms with Crippen LogP contribution in [0.1, 0.15) is 75.3 Å². The molecule has 0 spiro atoms. The average molecular weight is 568 g/mol. The highest BCUT2D eigenvalue weighted by Gasteiger charge is 2.41. The summed E-state index contributed by atoms with van der Waals surface area (Å²) in [6.07, 6.45) is 7.19. The molecule has 0 aromatic heterocycles. The summed E-state index contributed by atoms with van der Waals surface area (Å²) in [4.78, 5) is 29.7. The Kier molecular flexibility index (Phi) is 11.3. The van der Waals surface area contributed by atoms with Crippen LogP contribution in [0.25, 0.3) is 0 Å². The number of methoxy groups -OCH3 is 3. The highest BCUT2D eigenvalue weighted by atomic mass is 16.6. The molecule has 1 aliphatic carbocycles. The van der Waals surface area contributed by atoms with Crippen LogP contribution in [0.4, 0.5) is 0 Å². The fourth-order valence-electron chi connectivity index (χ4n) is 6.21. The van der Waals surface area contributed by atoms with Crippen molar-refractivity contribution in [2.75, 3.05) is 34.5 Å². The van der Waals surface area contributed by atoms with Gasteiger partial charge in [0.2, 0.25) is 11.7 Å². The zero-order valence-electron chi connectivity index (χ0n) is 24.9. The number of amides is 1. The van der Waals surface area contributed by atoms with Crippen molar-refractivity contribution in [1.82, 2.24) is 4.90 Å². The summed E-state index contributed by atoms with van der Waals surface area (Å²) in [6.45, 7) is 3.11. The third-order valence-electron chi connectivity index (χ3n) is 8.27. The summed E-state index contributed by atoms with van der Waals surface area (Å²) >= 11 is 0. The molecule has 41 heavy (non-hydrogen) atoms. The van der Waals surface area contributed by atoms with E-state index in [1.54, 1.807) is 26.2 Å². The minimum absolute atomic E-state index is 0.0270. The first kappa shape index (κ1) is 30.7. The predicted octanol–water partition coefficient (Wildman–Crippen LogP) is 5.91. The third-order valence-corrected chi connectivity index (χ3v) is 8.27. The Morgan fingerprint density at radius 3 is 2.17 bits per heavy atom. The van der Waals surface area contributed by atoms with Gasteiger partial charge in [0.15, 0.2) is 11.5 Å². The van der Waals surface area contributed by atoms with E-state index >= 15 is 0 Å². The largest absolute Gasteiger partial charge is 0.493 e. The zero-order chi connectivity index (χ0) is 29.2. The van der Waals surface area contributed by atoms with Gasteiger partial charge in [-0.15, -0.1) is 0 Å². The van der Waals surface area contributed by atoms with E-state index in [9.17, 15) is 9.59 Å². The molecule has 8 nitrogen and oxygen atoms in total. The first-order valence-corrected chi connectivity index (χ1v) is 14.9. The molecular formula is C33H45NO7. The smallest absolute Gasteiger partial charge is 0.329 e. The summed E-state index contributed by atoms with van der Waals surface area (Å²) in [5, 5.41) is 0. The summed E-state index contributed by atoms with van der Waals surface area (Å²) < 4.78 is 28.4. The Hall–Kier alpha value is -3.26. The molecule has 0 bridgehead atoms. The van der Waals surface area contributed by atoms with E-state index in [-0.39, 0.29) is 24.4 Å². The third kappa shape index (κ3) is 7.73. The van der Waals surface area contributed by atoms with Gasteiger partial charge < -0.3 is 28.6 Å². The van der Waals surface area contributed by atoms with Crippen LogP contribution in [0.3, 0.4) is 0 Å². The molecule has 1 saturated carbocycles. The van der Waals surface area contributed by atoms with Crippen LogP contribution < -0.4 is 14.2 Å². The van der Waals surface area contributed by atoms with E-state index in [2.05, 4.69) is 0 Å². The van der Waals surface area contributed by atoms with Crippen molar-refractivity contribution in [3.63, 3.8) is 0 Å². The Balaban J connectivity index is 1.52. The fourth-order valence-corrected chi connectivity index (χ4v) is 6.21. The molecule has 0 radical (unpaired) electrons. The van der Waals surface area contributed by atoms with Crippen molar-refractivity contribution in [1.29, 1.82) is 0 Å². The Bertz CT molecular complexity index is 1110. The Morgan fingerprint density at radius 2 is 1.54 bits per heavy atom. The molecule has 1 unspecified atom stereocenters. The maximum Gasteiger partial charge on any atom is 0.329 e. The number of hydrogen-bond donors (Lipinski definition) is 0. The molecule has 3 atom stereocenters. The quantitative estimate of drug-likeness (QED) is 0.295. The van der Waals surface area contributed by atoms with Crippen LogP contribution in [0.15, 0.2) is 42.5 Å². The molecule has 2 aromatic rings. The number of benzene rings is 2. The number of carbonyl (C=O) groups is 2. The normalized spacial score (nSPS) is 19.2. The van der Waals surface area contributed by atoms with E-state index in [1.165, 1.54) is 6.42 Å². The lowest BCUT2D eigenvalue weighted by atomic mass is 9.75. The topological polar surface area (TPSA) is 83.5 Å². The average Bonchev–Trinajstić information content (AvgIpc) is 3.01. The lowest BCUT2D eigenvalue weighted by molar-refractivity contribution is -0.164. The monoisotopic (exact) mass is 567 g/mol. The molecule has 1 heterocycles. The second-order valence-electron chi connectivity index (χ2n) is 11.1. The molecule has 2 aliphatic rings. The summed E-state index contributed by atoms with van der Waals surface area (Å²) in [6, 6.07) is 13.1. The lowest BCUT2D eigenvalue weighted by Gasteiger charge is -2.39. The van der Waals surface area contributed by atoms with E-state index in [0.29, 0.717) is 36.8 Å². The first-order valence-electron chi connectivity index (χ1n) is 14.9.